The maximum Gasteiger partial charge on any atom is 0.573 e. The van der Waals surface area contributed by atoms with Gasteiger partial charge >= 0.3 is 6.36 Å². The first-order chi connectivity index (χ1) is 8.90. The normalized spacial score (nSPS) is 10.9. The van der Waals surface area contributed by atoms with Gasteiger partial charge in [0.2, 0.25) is 0 Å². The highest BCUT2D eigenvalue weighted by atomic mass is 19.4. The largest absolute Gasteiger partial charge is 0.573 e. The molecule has 0 radical (unpaired) electrons. The van der Waals surface area contributed by atoms with Crippen molar-refractivity contribution in [2.75, 3.05) is 20.1 Å². The molecule has 0 N–H and O–H groups in total. The van der Waals surface area contributed by atoms with Crippen LogP contribution in [0.25, 0.3) is 0 Å². The van der Waals surface area contributed by atoms with Crippen LogP contribution in [0.15, 0.2) is 24.3 Å². The molecule has 0 aliphatic heterocycles. The lowest BCUT2D eigenvalue weighted by Crippen LogP contribution is -2.20. The summed E-state index contributed by atoms with van der Waals surface area (Å²) in [7, 11) is 2.00. The molecule has 0 heterocycles. The molecule has 0 spiro atoms. The van der Waals surface area contributed by atoms with Gasteiger partial charge in [-0.2, -0.15) is 0 Å². The lowest BCUT2D eigenvalue weighted by molar-refractivity contribution is -0.274. The average molecular weight is 277 g/mol. The monoisotopic (exact) mass is 277 g/mol. The van der Waals surface area contributed by atoms with Gasteiger partial charge in [-0.3, -0.25) is 0 Å². The van der Waals surface area contributed by atoms with Crippen LogP contribution in [-0.4, -0.2) is 31.4 Å². The average Bonchev–Trinajstić information content (AvgIpc) is 2.38. The Bertz CT molecular complexity index is 336. The quantitative estimate of drug-likeness (QED) is 0.803. The van der Waals surface area contributed by atoms with Gasteiger partial charge in [0.15, 0.2) is 0 Å². The predicted octanol–water partition coefficient (Wildman–Crippen LogP) is 4.11. The van der Waals surface area contributed by atoms with Crippen molar-refractivity contribution in [3.8, 4) is 5.75 Å². The molecule has 5 heteroatoms. The van der Waals surface area contributed by atoms with Crippen LogP contribution in [0, 0.1) is 0 Å². The molecule has 0 aliphatic rings. The minimum absolute atomic E-state index is 0.176. The van der Waals surface area contributed by atoms with Crippen molar-refractivity contribution in [3.05, 3.63) is 29.8 Å². The third kappa shape index (κ3) is 8.48. The summed E-state index contributed by atoms with van der Waals surface area (Å²) in [6.45, 7) is 7.89. The molecule has 0 atom stereocenters. The van der Waals surface area contributed by atoms with Crippen LogP contribution in [0.2, 0.25) is 0 Å². The Morgan fingerprint density at radius 2 is 1.63 bits per heavy atom. The summed E-state index contributed by atoms with van der Waals surface area (Å²) in [5, 5.41) is 0. The van der Waals surface area contributed by atoms with Crippen molar-refractivity contribution >= 4 is 0 Å². The zero-order valence-corrected chi connectivity index (χ0v) is 11.9. The van der Waals surface area contributed by atoms with E-state index >= 15 is 0 Å². The van der Waals surface area contributed by atoms with E-state index < -0.39 is 6.36 Å². The zero-order chi connectivity index (χ0) is 14.9. The lowest BCUT2D eigenvalue weighted by Gasteiger charge is -2.13. The summed E-state index contributed by atoms with van der Waals surface area (Å²) >= 11 is 0. The van der Waals surface area contributed by atoms with E-state index in [-0.39, 0.29) is 5.75 Å². The van der Waals surface area contributed by atoms with Gasteiger partial charge < -0.3 is 9.64 Å². The fourth-order valence-corrected chi connectivity index (χ4v) is 1.34. The van der Waals surface area contributed by atoms with Gasteiger partial charge in [-0.1, -0.05) is 32.9 Å². The summed E-state index contributed by atoms with van der Waals surface area (Å²) in [6.07, 6.45) is -3.80. The molecule has 0 fully saturated rings. The first kappa shape index (κ1) is 17.8. The number of hydrogen-bond donors (Lipinski definition) is 0. The second kappa shape index (κ2) is 8.80. The van der Waals surface area contributed by atoms with Gasteiger partial charge in [-0.15, -0.1) is 13.2 Å². The van der Waals surface area contributed by atoms with Crippen LogP contribution in [0.5, 0.6) is 5.75 Å². The van der Waals surface area contributed by atoms with Crippen LogP contribution in [0.3, 0.4) is 0 Å². The van der Waals surface area contributed by atoms with Crippen LogP contribution >= 0.6 is 0 Å². The minimum Gasteiger partial charge on any atom is -0.406 e. The van der Waals surface area contributed by atoms with E-state index in [1.165, 1.54) is 12.1 Å². The van der Waals surface area contributed by atoms with Gasteiger partial charge in [0.05, 0.1) is 0 Å². The number of rotatable bonds is 5. The summed E-state index contributed by atoms with van der Waals surface area (Å²) in [5.74, 6) is -0.176. The minimum atomic E-state index is -4.62. The van der Waals surface area contributed by atoms with Crippen molar-refractivity contribution in [1.82, 2.24) is 4.90 Å². The number of ether oxygens (including phenoxy) is 1. The molecule has 2 nitrogen and oxygen atoms in total. The third-order valence-electron chi connectivity index (χ3n) is 2.48. The maximum atomic E-state index is 11.9. The number of halogens is 3. The summed E-state index contributed by atoms with van der Waals surface area (Å²) in [4.78, 5) is 2.14. The highest BCUT2D eigenvalue weighted by Crippen LogP contribution is 2.22. The molecule has 1 aromatic rings. The molecule has 110 valence electrons. The van der Waals surface area contributed by atoms with E-state index in [9.17, 15) is 13.2 Å². The molecule has 0 saturated carbocycles. The Labute approximate surface area is 113 Å². The van der Waals surface area contributed by atoms with E-state index in [2.05, 4.69) is 16.6 Å². The number of alkyl halides is 3. The molecule has 0 aromatic heterocycles. The van der Waals surface area contributed by atoms with E-state index in [0.717, 1.165) is 25.1 Å². The first-order valence-electron chi connectivity index (χ1n) is 6.44. The van der Waals surface area contributed by atoms with Gasteiger partial charge in [0, 0.05) is 6.54 Å². The Balaban J connectivity index is 0.00000154. The molecule has 0 aliphatic carbocycles. The van der Waals surface area contributed by atoms with Crippen molar-refractivity contribution < 1.29 is 17.9 Å². The van der Waals surface area contributed by atoms with E-state index in [1.54, 1.807) is 12.1 Å². The lowest BCUT2D eigenvalue weighted by atomic mass is 10.1. The van der Waals surface area contributed by atoms with Gasteiger partial charge in [-0.05, 0) is 37.7 Å². The predicted molar refractivity (Wildman–Crippen MR) is 71.3 cm³/mol. The second-order valence-electron chi connectivity index (χ2n) is 3.84. The Morgan fingerprint density at radius 1 is 1.11 bits per heavy atom. The molecule has 0 saturated heterocycles. The van der Waals surface area contributed by atoms with Crippen LogP contribution in [0.1, 0.15) is 26.3 Å². The molecule has 19 heavy (non-hydrogen) atoms. The smallest absolute Gasteiger partial charge is 0.406 e. The number of likely N-dealkylation sites (N-methyl/N-ethyl adjacent to an activating group) is 1. The Morgan fingerprint density at radius 3 is 2.05 bits per heavy atom. The van der Waals surface area contributed by atoms with E-state index in [0.29, 0.717) is 0 Å². The van der Waals surface area contributed by atoms with Crippen LogP contribution in [-0.2, 0) is 6.42 Å². The molecule has 0 bridgehead atoms. The molecular weight excluding hydrogens is 255 g/mol. The van der Waals surface area contributed by atoms with Gasteiger partial charge in [-0.25, -0.2) is 0 Å². The Kier molecular flexibility index (Phi) is 8.23. The van der Waals surface area contributed by atoms with Crippen molar-refractivity contribution in [1.29, 1.82) is 0 Å². The number of nitrogens with zero attached hydrogens (tertiary/aromatic N) is 1. The molecule has 1 aromatic carbocycles. The van der Waals surface area contributed by atoms with Crippen molar-refractivity contribution in [3.63, 3.8) is 0 Å². The first-order valence-corrected chi connectivity index (χ1v) is 6.44. The zero-order valence-electron chi connectivity index (χ0n) is 11.9. The van der Waals surface area contributed by atoms with Gasteiger partial charge in [0.25, 0.3) is 0 Å². The van der Waals surface area contributed by atoms with E-state index in [1.807, 2.05) is 20.9 Å². The standard InChI is InChI=1S/C12H16F3NO.C2H6/c1-3-16(2)9-8-10-4-6-11(7-5-10)17-12(13,14)15;1-2/h4-7H,3,8-9H2,1-2H3;1-2H3. The van der Waals surface area contributed by atoms with Crippen LogP contribution in [0.4, 0.5) is 13.2 Å². The molecule has 1 rings (SSSR count). The third-order valence-corrected chi connectivity index (χ3v) is 2.48. The van der Waals surface area contributed by atoms with Gasteiger partial charge in [0.1, 0.15) is 5.75 Å². The second-order valence-corrected chi connectivity index (χ2v) is 3.84. The summed E-state index contributed by atoms with van der Waals surface area (Å²) < 4.78 is 39.5. The van der Waals surface area contributed by atoms with Crippen molar-refractivity contribution in [2.24, 2.45) is 0 Å². The van der Waals surface area contributed by atoms with E-state index in [4.69, 9.17) is 0 Å². The van der Waals surface area contributed by atoms with Crippen molar-refractivity contribution in [2.45, 2.75) is 33.6 Å². The SMILES string of the molecule is CC.CCN(C)CCc1ccc(OC(F)(F)F)cc1. The molecule has 0 amide bonds. The highest BCUT2D eigenvalue weighted by molar-refractivity contribution is 5.27. The highest BCUT2D eigenvalue weighted by Gasteiger charge is 2.30. The number of hydrogen-bond acceptors (Lipinski definition) is 2. The topological polar surface area (TPSA) is 12.5 Å². The fourth-order valence-electron chi connectivity index (χ4n) is 1.34. The fraction of sp³-hybridized carbons (Fsp3) is 0.571. The molecular formula is C14H22F3NO. The molecule has 0 unspecified atom stereocenters. The Hall–Kier alpha value is -1.23. The number of benzene rings is 1. The summed E-state index contributed by atoms with van der Waals surface area (Å²) in [6, 6.07) is 6.00. The maximum absolute atomic E-state index is 11.9. The summed E-state index contributed by atoms with van der Waals surface area (Å²) in [5.41, 5.74) is 1.000. The van der Waals surface area contributed by atoms with Crippen LogP contribution < -0.4 is 4.74 Å².